The van der Waals surface area contributed by atoms with Gasteiger partial charge in [0.25, 0.3) is 5.78 Å². The van der Waals surface area contributed by atoms with E-state index >= 15 is 0 Å². The third-order valence-corrected chi connectivity index (χ3v) is 5.15. The summed E-state index contributed by atoms with van der Waals surface area (Å²) >= 11 is 0. The van der Waals surface area contributed by atoms with E-state index in [9.17, 15) is 22.4 Å². The van der Waals surface area contributed by atoms with Crippen LogP contribution < -0.4 is 0 Å². The summed E-state index contributed by atoms with van der Waals surface area (Å²) in [4.78, 5) is 26.3. The maximum absolute atomic E-state index is 13.0. The van der Waals surface area contributed by atoms with E-state index in [-0.39, 0.29) is 15.5 Å². The largest absolute Gasteiger partial charge is 0.352 e. The number of H-pyrrole nitrogens is 2. The lowest BCUT2D eigenvalue weighted by atomic mass is 10.1. The van der Waals surface area contributed by atoms with Crippen LogP contribution in [0.4, 0.5) is 4.39 Å². The van der Waals surface area contributed by atoms with E-state index in [2.05, 4.69) is 25.6 Å². The van der Waals surface area contributed by atoms with Gasteiger partial charge in [-0.1, -0.05) is 0 Å². The molecule has 0 spiro atoms. The third-order valence-electron chi connectivity index (χ3n) is 3.34. The second-order valence-electron chi connectivity index (χ2n) is 4.95. The van der Waals surface area contributed by atoms with Crippen LogP contribution in [-0.2, 0) is 21.1 Å². The number of benzene rings is 1. The van der Waals surface area contributed by atoms with Crippen molar-refractivity contribution in [3.63, 3.8) is 0 Å². The number of halogens is 1. The number of nitrogens with one attached hydrogen (secondary N) is 2. The number of aromatic nitrogens is 5. The lowest BCUT2D eigenvalue weighted by molar-refractivity contribution is -0.114. The molecule has 0 amide bonds. The summed E-state index contributed by atoms with van der Waals surface area (Å²) in [5, 5.41) is 11.8. The molecule has 9 nitrogen and oxygen atoms in total. The summed E-state index contributed by atoms with van der Waals surface area (Å²) in [7, 11) is -4.00. The van der Waals surface area contributed by atoms with Crippen molar-refractivity contribution in [2.24, 2.45) is 0 Å². The molecule has 128 valence electrons. The molecule has 3 rings (SSSR count). The lowest BCUT2D eigenvalue weighted by Gasteiger charge is -2.05. The number of tetrazole rings is 1. The molecule has 0 bridgehead atoms. The number of carbonyl (C=O) groups excluding carboxylic acids is 2. The highest BCUT2D eigenvalue weighted by Crippen LogP contribution is 2.23. The van der Waals surface area contributed by atoms with Crippen LogP contribution in [0.1, 0.15) is 16.2 Å². The summed E-state index contributed by atoms with van der Waals surface area (Å²) in [5.74, 6) is -2.85. The van der Waals surface area contributed by atoms with Gasteiger partial charge in [0, 0.05) is 12.6 Å². The van der Waals surface area contributed by atoms with Gasteiger partial charge in [0.1, 0.15) is 10.8 Å². The standard InChI is InChI=1S/C14H10FN5O4S/c15-9-1-3-10(4-2-9)25(23,24)14-8(5-6-16-14)7-11(21)12(22)13-17-19-20-18-13/h1-6,16H,7H2,(H,17,18,19,20). The number of carbonyl (C=O) groups is 2. The Balaban J connectivity index is 1.89. The average molecular weight is 363 g/mol. The summed E-state index contributed by atoms with van der Waals surface area (Å²) < 4.78 is 38.2. The van der Waals surface area contributed by atoms with Gasteiger partial charge in [0.2, 0.25) is 21.4 Å². The fourth-order valence-corrected chi connectivity index (χ4v) is 3.58. The molecule has 1 aromatic carbocycles. The Morgan fingerprint density at radius 2 is 1.84 bits per heavy atom. The van der Waals surface area contributed by atoms with Gasteiger partial charge in [-0.2, -0.15) is 5.21 Å². The zero-order chi connectivity index (χ0) is 18.0. The fourth-order valence-electron chi connectivity index (χ4n) is 2.14. The number of ketones is 2. The molecule has 3 aromatic rings. The van der Waals surface area contributed by atoms with Crippen molar-refractivity contribution in [2.75, 3.05) is 0 Å². The normalized spacial score (nSPS) is 11.4. The average Bonchev–Trinajstić information content (AvgIpc) is 3.26. The van der Waals surface area contributed by atoms with Gasteiger partial charge >= 0.3 is 0 Å². The third kappa shape index (κ3) is 3.21. The Labute approximate surface area is 140 Å². The smallest absolute Gasteiger partial charge is 0.269 e. The quantitative estimate of drug-likeness (QED) is 0.369. The van der Waals surface area contributed by atoms with Crippen molar-refractivity contribution in [1.29, 1.82) is 0 Å². The molecule has 0 aliphatic rings. The number of aromatic amines is 2. The lowest BCUT2D eigenvalue weighted by Crippen LogP contribution is -2.19. The van der Waals surface area contributed by atoms with Gasteiger partial charge in [-0.3, -0.25) is 9.59 Å². The van der Waals surface area contributed by atoms with E-state index in [0.717, 1.165) is 24.3 Å². The van der Waals surface area contributed by atoms with Gasteiger partial charge < -0.3 is 4.98 Å². The van der Waals surface area contributed by atoms with Gasteiger partial charge in [0.05, 0.1) is 4.90 Å². The fraction of sp³-hybridized carbons (Fsp3) is 0.0714. The second-order valence-corrected chi connectivity index (χ2v) is 6.84. The highest BCUT2D eigenvalue weighted by molar-refractivity contribution is 7.91. The van der Waals surface area contributed by atoms with Crippen LogP contribution in [0.25, 0.3) is 0 Å². The zero-order valence-corrected chi connectivity index (χ0v) is 13.2. The molecule has 0 aliphatic carbocycles. The monoisotopic (exact) mass is 363 g/mol. The van der Waals surface area contributed by atoms with Crippen LogP contribution in [0.3, 0.4) is 0 Å². The van der Waals surface area contributed by atoms with E-state index in [1.165, 1.54) is 12.3 Å². The molecule has 0 saturated carbocycles. The van der Waals surface area contributed by atoms with Crippen LogP contribution >= 0.6 is 0 Å². The molecule has 0 atom stereocenters. The van der Waals surface area contributed by atoms with Crippen LogP contribution in [0.5, 0.6) is 0 Å². The topological polar surface area (TPSA) is 139 Å². The summed E-state index contributed by atoms with van der Waals surface area (Å²) in [6.45, 7) is 0. The van der Waals surface area contributed by atoms with E-state index in [1.807, 2.05) is 0 Å². The SMILES string of the molecule is O=C(Cc1cc[nH]c1S(=O)(=O)c1ccc(F)cc1)C(=O)c1nn[nH]n1. The van der Waals surface area contributed by atoms with Crippen molar-refractivity contribution in [3.8, 4) is 0 Å². The molecular weight excluding hydrogens is 353 g/mol. The molecule has 11 heteroatoms. The van der Waals surface area contributed by atoms with Crippen molar-refractivity contribution < 1.29 is 22.4 Å². The van der Waals surface area contributed by atoms with Crippen molar-refractivity contribution in [2.45, 2.75) is 16.3 Å². The predicted molar refractivity (Wildman–Crippen MR) is 79.9 cm³/mol. The highest BCUT2D eigenvalue weighted by atomic mass is 32.2. The van der Waals surface area contributed by atoms with Crippen LogP contribution in [0.15, 0.2) is 46.5 Å². The van der Waals surface area contributed by atoms with Crippen molar-refractivity contribution in [3.05, 3.63) is 53.7 Å². The van der Waals surface area contributed by atoms with E-state index in [0.29, 0.717) is 0 Å². The summed E-state index contributed by atoms with van der Waals surface area (Å²) in [6.07, 6.45) is 0.866. The number of sulfone groups is 1. The van der Waals surface area contributed by atoms with E-state index < -0.39 is 39.5 Å². The Morgan fingerprint density at radius 1 is 1.12 bits per heavy atom. The Bertz CT molecular complexity index is 1030. The Kier molecular flexibility index (Phi) is 4.23. The second kappa shape index (κ2) is 6.36. The van der Waals surface area contributed by atoms with Crippen molar-refractivity contribution in [1.82, 2.24) is 25.6 Å². The molecule has 0 unspecified atom stereocenters. The van der Waals surface area contributed by atoms with E-state index in [4.69, 9.17) is 0 Å². The van der Waals surface area contributed by atoms with Crippen LogP contribution in [0.2, 0.25) is 0 Å². The van der Waals surface area contributed by atoms with Crippen LogP contribution in [-0.4, -0.2) is 45.6 Å². The minimum Gasteiger partial charge on any atom is -0.352 e. The molecule has 0 fully saturated rings. The molecule has 2 N–H and O–H groups in total. The maximum Gasteiger partial charge on any atom is 0.269 e. The van der Waals surface area contributed by atoms with Gasteiger partial charge in [-0.15, -0.1) is 10.2 Å². The number of rotatable bonds is 6. The van der Waals surface area contributed by atoms with Gasteiger partial charge in [0.15, 0.2) is 0 Å². The summed E-state index contributed by atoms with van der Waals surface area (Å²) in [6, 6.07) is 5.63. The Hall–Kier alpha value is -3.21. The summed E-state index contributed by atoms with van der Waals surface area (Å²) in [5.41, 5.74) is 0.103. The van der Waals surface area contributed by atoms with Gasteiger partial charge in [-0.05, 0) is 41.1 Å². The first-order chi connectivity index (χ1) is 11.9. The zero-order valence-electron chi connectivity index (χ0n) is 12.4. The minimum atomic E-state index is -4.00. The van der Waals surface area contributed by atoms with E-state index in [1.54, 1.807) is 0 Å². The number of nitrogens with zero attached hydrogens (tertiary/aromatic N) is 3. The molecule has 2 heterocycles. The number of hydrogen-bond donors (Lipinski definition) is 2. The number of hydrogen-bond acceptors (Lipinski definition) is 7. The first-order valence-electron chi connectivity index (χ1n) is 6.87. The minimum absolute atomic E-state index is 0.103. The molecule has 0 radical (unpaired) electrons. The molecular formula is C14H10FN5O4S. The first-order valence-corrected chi connectivity index (χ1v) is 8.36. The van der Waals surface area contributed by atoms with Gasteiger partial charge in [-0.25, -0.2) is 12.8 Å². The van der Waals surface area contributed by atoms with Crippen molar-refractivity contribution >= 4 is 21.4 Å². The molecule has 0 saturated heterocycles. The predicted octanol–water partition coefficient (Wildman–Crippen LogP) is 0.494. The number of Topliss-reactive ketones (excluding diaryl/α,β-unsaturated/α-hetero) is 2. The molecule has 25 heavy (non-hydrogen) atoms. The van der Waals surface area contributed by atoms with Crippen LogP contribution in [0, 0.1) is 5.82 Å². The molecule has 0 aliphatic heterocycles. The maximum atomic E-state index is 13.0. The first kappa shape index (κ1) is 16.6. The Morgan fingerprint density at radius 3 is 2.48 bits per heavy atom. The highest BCUT2D eigenvalue weighted by Gasteiger charge is 2.27. The molecule has 2 aromatic heterocycles.